The first-order valence-electron chi connectivity index (χ1n) is 5.23. The van der Waals surface area contributed by atoms with Crippen LogP contribution in [0.1, 0.15) is 13.3 Å². The molecular weight excluding hydrogens is 263 g/mol. The SMILES string of the molecule is CC1(Nc2nc(NN)c(Cl)cc2Cl)CCOC1. The van der Waals surface area contributed by atoms with Crippen LogP contribution in [-0.4, -0.2) is 23.7 Å². The highest BCUT2D eigenvalue weighted by molar-refractivity contribution is 6.37. The molecule has 0 bridgehead atoms. The Morgan fingerprint density at radius 1 is 1.41 bits per heavy atom. The maximum absolute atomic E-state index is 6.08. The van der Waals surface area contributed by atoms with Crippen molar-refractivity contribution in [3.63, 3.8) is 0 Å². The number of halogens is 2. The molecular formula is C10H14Cl2N4O. The minimum Gasteiger partial charge on any atom is -0.379 e. The lowest BCUT2D eigenvalue weighted by Crippen LogP contribution is -2.35. The Kier molecular flexibility index (Phi) is 3.63. The van der Waals surface area contributed by atoms with E-state index >= 15 is 0 Å². The molecule has 1 fully saturated rings. The molecule has 7 heteroatoms. The highest BCUT2D eigenvalue weighted by atomic mass is 35.5. The molecule has 1 unspecified atom stereocenters. The van der Waals surface area contributed by atoms with Crippen molar-refractivity contribution < 1.29 is 4.74 Å². The molecule has 0 aliphatic carbocycles. The third-order valence-electron chi connectivity index (χ3n) is 2.71. The summed E-state index contributed by atoms with van der Waals surface area (Å²) in [5.41, 5.74) is 2.27. The van der Waals surface area contributed by atoms with Crippen LogP contribution in [0.15, 0.2) is 6.07 Å². The van der Waals surface area contributed by atoms with Gasteiger partial charge in [0.1, 0.15) is 5.82 Å². The number of rotatable bonds is 3. The predicted molar refractivity (Wildman–Crippen MR) is 69.5 cm³/mol. The predicted octanol–water partition coefficient (Wildman–Crippen LogP) is 2.26. The topological polar surface area (TPSA) is 72.2 Å². The molecule has 0 radical (unpaired) electrons. The molecule has 94 valence electrons. The fraction of sp³-hybridized carbons (Fsp3) is 0.500. The van der Waals surface area contributed by atoms with E-state index in [9.17, 15) is 0 Å². The first-order valence-corrected chi connectivity index (χ1v) is 5.98. The van der Waals surface area contributed by atoms with Crippen LogP contribution in [0.5, 0.6) is 0 Å². The van der Waals surface area contributed by atoms with Gasteiger partial charge in [-0.3, -0.25) is 0 Å². The van der Waals surface area contributed by atoms with Crippen molar-refractivity contribution in [2.45, 2.75) is 18.9 Å². The summed E-state index contributed by atoms with van der Waals surface area (Å²) in [6.45, 7) is 3.41. The van der Waals surface area contributed by atoms with Gasteiger partial charge < -0.3 is 15.5 Å². The van der Waals surface area contributed by atoms with E-state index in [1.54, 1.807) is 6.07 Å². The van der Waals surface area contributed by atoms with Gasteiger partial charge in [0.05, 0.1) is 22.2 Å². The van der Waals surface area contributed by atoms with E-state index in [1.807, 2.05) is 0 Å². The summed E-state index contributed by atoms with van der Waals surface area (Å²) in [5.74, 6) is 6.26. The summed E-state index contributed by atoms with van der Waals surface area (Å²) in [6.07, 6.45) is 0.902. The molecule has 1 saturated heterocycles. The molecule has 0 saturated carbocycles. The van der Waals surface area contributed by atoms with E-state index in [2.05, 4.69) is 22.7 Å². The number of pyridine rings is 1. The van der Waals surface area contributed by atoms with Gasteiger partial charge in [-0.15, -0.1) is 0 Å². The number of hydrogen-bond acceptors (Lipinski definition) is 5. The lowest BCUT2D eigenvalue weighted by atomic mass is 10.0. The molecule has 5 nitrogen and oxygen atoms in total. The largest absolute Gasteiger partial charge is 0.379 e. The molecule has 1 aliphatic rings. The van der Waals surface area contributed by atoms with E-state index in [-0.39, 0.29) is 5.54 Å². The van der Waals surface area contributed by atoms with Gasteiger partial charge in [0, 0.05) is 6.61 Å². The zero-order valence-electron chi connectivity index (χ0n) is 9.39. The number of nitrogen functional groups attached to an aromatic ring is 1. The molecule has 1 aliphatic heterocycles. The monoisotopic (exact) mass is 276 g/mol. The van der Waals surface area contributed by atoms with Crippen molar-refractivity contribution in [2.24, 2.45) is 5.84 Å². The summed E-state index contributed by atoms with van der Waals surface area (Å²) < 4.78 is 5.35. The Bertz CT molecular complexity index is 421. The van der Waals surface area contributed by atoms with Crippen LogP contribution in [-0.2, 0) is 4.74 Å². The minimum atomic E-state index is -0.156. The second kappa shape index (κ2) is 4.86. The Morgan fingerprint density at radius 2 is 2.12 bits per heavy atom. The van der Waals surface area contributed by atoms with E-state index in [1.165, 1.54) is 0 Å². The number of anilines is 2. The Hall–Kier alpha value is -0.750. The van der Waals surface area contributed by atoms with Crippen LogP contribution in [0.2, 0.25) is 10.0 Å². The van der Waals surface area contributed by atoms with Gasteiger partial charge in [-0.25, -0.2) is 10.8 Å². The van der Waals surface area contributed by atoms with Crippen molar-refractivity contribution in [3.05, 3.63) is 16.1 Å². The van der Waals surface area contributed by atoms with Crippen LogP contribution in [0, 0.1) is 0 Å². The van der Waals surface area contributed by atoms with Gasteiger partial charge in [-0.2, -0.15) is 0 Å². The zero-order chi connectivity index (χ0) is 12.5. The van der Waals surface area contributed by atoms with Gasteiger partial charge in [0.25, 0.3) is 0 Å². The van der Waals surface area contributed by atoms with Crippen LogP contribution in [0.25, 0.3) is 0 Å². The molecule has 2 heterocycles. The van der Waals surface area contributed by atoms with Crippen molar-refractivity contribution in [1.82, 2.24) is 4.98 Å². The Balaban J connectivity index is 2.26. The van der Waals surface area contributed by atoms with E-state index in [0.29, 0.717) is 28.3 Å². The number of ether oxygens (including phenoxy) is 1. The smallest absolute Gasteiger partial charge is 0.161 e. The third-order valence-corrected chi connectivity index (χ3v) is 3.28. The molecule has 1 aromatic heterocycles. The standard InChI is InChI=1S/C10H14Cl2N4O/c1-10(2-3-17-5-10)15-8-6(11)4-7(12)9(14-8)16-13/h4H,2-3,5,13H2,1H3,(H2,14,15,16). The fourth-order valence-corrected chi connectivity index (χ4v) is 2.17. The second-order valence-corrected chi connectivity index (χ2v) is 5.10. The number of nitrogens with one attached hydrogen (secondary N) is 2. The summed E-state index contributed by atoms with van der Waals surface area (Å²) in [4.78, 5) is 4.23. The van der Waals surface area contributed by atoms with E-state index < -0.39 is 0 Å². The lowest BCUT2D eigenvalue weighted by molar-refractivity contribution is 0.185. The quantitative estimate of drug-likeness (QED) is 0.584. The van der Waals surface area contributed by atoms with Crippen molar-refractivity contribution in [1.29, 1.82) is 0 Å². The number of hydrogen-bond donors (Lipinski definition) is 3. The molecule has 0 amide bonds. The summed E-state index contributed by atoms with van der Waals surface area (Å²) in [7, 11) is 0. The molecule has 0 aromatic carbocycles. The number of nitrogens with zero attached hydrogens (tertiary/aromatic N) is 1. The van der Waals surface area contributed by atoms with Gasteiger partial charge >= 0.3 is 0 Å². The normalized spacial score (nSPS) is 23.8. The molecule has 1 aromatic rings. The van der Waals surface area contributed by atoms with Crippen molar-refractivity contribution in [2.75, 3.05) is 24.0 Å². The van der Waals surface area contributed by atoms with E-state index in [0.717, 1.165) is 13.0 Å². The summed E-state index contributed by atoms with van der Waals surface area (Å²) in [5, 5.41) is 4.11. The van der Waals surface area contributed by atoms with Crippen LogP contribution < -0.4 is 16.6 Å². The second-order valence-electron chi connectivity index (χ2n) is 4.28. The van der Waals surface area contributed by atoms with E-state index in [4.69, 9.17) is 33.8 Å². The highest BCUT2D eigenvalue weighted by Gasteiger charge is 2.30. The maximum atomic E-state index is 6.08. The first kappa shape index (κ1) is 12.7. The maximum Gasteiger partial charge on any atom is 0.161 e. The van der Waals surface area contributed by atoms with Crippen LogP contribution in [0.4, 0.5) is 11.6 Å². The average Bonchev–Trinajstić information content (AvgIpc) is 2.69. The molecule has 17 heavy (non-hydrogen) atoms. The molecule has 1 atom stereocenters. The van der Waals surface area contributed by atoms with Gasteiger partial charge in [-0.05, 0) is 19.4 Å². The fourth-order valence-electron chi connectivity index (χ4n) is 1.71. The number of aromatic nitrogens is 1. The molecule has 4 N–H and O–H groups in total. The van der Waals surface area contributed by atoms with Gasteiger partial charge in [0.15, 0.2) is 5.82 Å². The number of nitrogens with two attached hydrogens (primary N) is 1. The van der Waals surface area contributed by atoms with Gasteiger partial charge in [-0.1, -0.05) is 23.2 Å². The zero-order valence-corrected chi connectivity index (χ0v) is 10.9. The Labute approximate surface area is 110 Å². The third kappa shape index (κ3) is 2.74. The first-order chi connectivity index (χ1) is 8.04. The Morgan fingerprint density at radius 3 is 2.71 bits per heavy atom. The molecule has 0 spiro atoms. The lowest BCUT2D eigenvalue weighted by Gasteiger charge is -2.25. The highest BCUT2D eigenvalue weighted by Crippen LogP contribution is 2.32. The average molecular weight is 277 g/mol. The van der Waals surface area contributed by atoms with Crippen LogP contribution in [0.3, 0.4) is 0 Å². The minimum absolute atomic E-state index is 0.156. The van der Waals surface area contributed by atoms with Crippen LogP contribution >= 0.6 is 23.2 Å². The summed E-state index contributed by atoms with van der Waals surface area (Å²) >= 11 is 12.0. The van der Waals surface area contributed by atoms with Gasteiger partial charge in [0.2, 0.25) is 0 Å². The van der Waals surface area contributed by atoms with Crippen molar-refractivity contribution in [3.8, 4) is 0 Å². The number of hydrazine groups is 1. The molecule has 2 rings (SSSR count). The van der Waals surface area contributed by atoms with Crippen molar-refractivity contribution >= 4 is 34.8 Å². The summed E-state index contributed by atoms with van der Waals surface area (Å²) in [6, 6.07) is 1.60.